The molecule has 4 nitrogen and oxygen atoms in total. The van der Waals surface area contributed by atoms with Crippen molar-refractivity contribution in [2.75, 3.05) is 6.54 Å². The number of carbonyl (C=O) groups is 1. The Hall–Kier alpha value is -2.15. The summed E-state index contributed by atoms with van der Waals surface area (Å²) in [5.74, 6) is 0.550. The first-order valence-corrected chi connectivity index (χ1v) is 8.78. The Morgan fingerprint density at radius 3 is 3.00 bits per heavy atom. The zero-order chi connectivity index (χ0) is 16.1. The third-order valence-electron chi connectivity index (χ3n) is 3.16. The normalized spacial score (nSPS) is 12.6. The van der Waals surface area contributed by atoms with Gasteiger partial charge in [0.15, 0.2) is 0 Å². The fraction of sp³-hybridized carbons (Fsp3) is 0.118. The molecule has 6 heteroatoms. The average Bonchev–Trinajstić information content (AvgIpc) is 3.31. The van der Waals surface area contributed by atoms with E-state index in [-0.39, 0.29) is 12.5 Å². The molecule has 3 rings (SSSR count). The summed E-state index contributed by atoms with van der Waals surface area (Å²) in [6.45, 7) is 0.172. The van der Waals surface area contributed by atoms with Crippen molar-refractivity contribution in [3.8, 4) is 10.6 Å². The maximum atomic E-state index is 11.7. The number of aliphatic hydroxyl groups excluding tert-OH is 1. The van der Waals surface area contributed by atoms with E-state index >= 15 is 0 Å². The van der Waals surface area contributed by atoms with Gasteiger partial charge in [-0.1, -0.05) is 0 Å². The Bertz CT molecular complexity index is 773. The molecule has 0 saturated carbocycles. The second-order valence-corrected chi connectivity index (χ2v) is 6.73. The standard InChI is InChI=1S/C17H15NO3S2/c19-13(10-18-17(20)6-3-12-7-9-22-11-12)15-4-5-16(23-15)14-2-1-8-21-14/h1-9,11,13,19H,10H2,(H,18,20). The van der Waals surface area contributed by atoms with Crippen molar-refractivity contribution >= 4 is 34.7 Å². The van der Waals surface area contributed by atoms with Crippen molar-refractivity contribution < 1.29 is 14.3 Å². The molecule has 0 saturated heterocycles. The maximum absolute atomic E-state index is 11.7. The summed E-state index contributed by atoms with van der Waals surface area (Å²) in [6, 6.07) is 9.39. The van der Waals surface area contributed by atoms with Crippen molar-refractivity contribution in [3.05, 3.63) is 63.9 Å². The number of furan rings is 1. The van der Waals surface area contributed by atoms with Gasteiger partial charge >= 0.3 is 0 Å². The van der Waals surface area contributed by atoms with Crippen molar-refractivity contribution in [3.63, 3.8) is 0 Å². The van der Waals surface area contributed by atoms with E-state index in [9.17, 15) is 9.90 Å². The summed E-state index contributed by atoms with van der Waals surface area (Å²) in [5, 5.41) is 16.8. The van der Waals surface area contributed by atoms with Gasteiger partial charge in [0, 0.05) is 17.5 Å². The molecule has 0 aliphatic heterocycles. The molecule has 2 N–H and O–H groups in total. The lowest BCUT2D eigenvalue weighted by Gasteiger charge is -2.08. The lowest BCUT2D eigenvalue weighted by Crippen LogP contribution is -2.26. The van der Waals surface area contributed by atoms with Crippen molar-refractivity contribution in [1.29, 1.82) is 0 Å². The number of aliphatic hydroxyl groups is 1. The van der Waals surface area contributed by atoms with Gasteiger partial charge in [-0.2, -0.15) is 11.3 Å². The van der Waals surface area contributed by atoms with Gasteiger partial charge in [-0.05, 0) is 52.7 Å². The Kier molecular flexibility index (Phi) is 5.07. The van der Waals surface area contributed by atoms with Crippen LogP contribution in [0, 0.1) is 0 Å². The van der Waals surface area contributed by atoms with E-state index in [1.807, 2.05) is 41.1 Å². The molecule has 23 heavy (non-hydrogen) atoms. The highest BCUT2D eigenvalue weighted by molar-refractivity contribution is 7.15. The summed E-state index contributed by atoms with van der Waals surface area (Å²) < 4.78 is 5.33. The van der Waals surface area contributed by atoms with Crippen LogP contribution in [0.5, 0.6) is 0 Å². The van der Waals surface area contributed by atoms with Crippen LogP contribution in [0.2, 0.25) is 0 Å². The fourth-order valence-corrected chi connectivity index (χ4v) is 3.57. The van der Waals surface area contributed by atoms with Crippen molar-refractivity contribution in [1.82, 2.24) is 5.32 Å². The van der Waals surface area contributed by atoms with Crippen LogP contribution in [-0.2, 0) is 4.79 Å². The highest BCUT2D eigenvalue weighted by Gasteiger charge is 2.13. The van der Waals surface area contributed by atoms with Crippen LogP contribution in [-0.4, -0.2) is 17.6 Å². The average molecular weight is 345 g/mol. The number of thiophene rings is 2. The van der Waals surface area contributed by atoms with Gasteiger partial charge in [0.05, 0.1) is 11.1 Å². The molecular formula is C17H15NO3S2. The molecule has 0 aliphatic carbocycles. The van der Waals surface area contributed by atoms with E-state index in [2.05, 4.69) is 5.32 Å². The maximum Gasteiger partial charge on any atom is 0.244 e. The van der Waals surface area contributed by atoms with Crippen LogP contribution < -0.4 is 5.32 Å². The first-order valence-electron chi connectivity index (χ1n) is 7.02. The SMILES string of the molecule is O=C(C=Cc1ccsc1)NCC(O)c1ccc(-c2ccco2)s1. The molecule has 118 valence electrons. The van der Waals surface area contributed by atoms with Crippen LogP contribution in [0.1, 0.15) is 16.5 Å². The van der Waals surface area contributed by atoms with E-state index in [1.165, 1.54) is 17.4 Å². The van der Waals surface area contributed by atoms with Crippen LogP contribution in [0.25, 0.3) is 16.7 Å². The Balaban J connectivity index is 1.53. The molecule has 0 fully saturated rings. The first-order chi connectivity index (χ1) is 11.2. The second kappa shape index (κ2) is 7.41. The molecule has 0 radical (unpaired) electrons. The highest BCUT2D eigenvalue weighted by atomic mass is 32.1. The van der Waals surface area contributed by atoms with E-state index in [4.69, 9.17) is 4.42 Å². The topological polar surface area (TPSA) is 62.5 Å². The number of hydrogen-bond donors (Lipinski definition) is 2. The quantitative estimate of drug-likeness (QED) is 0.665. The summed E-state index contributed by atoms with van der Waals surface area (Å²) in [6.07, 6.45) is 4.10. The molecule has 3 aromatic rings. The van der Waals surface area contributed by atoms with Gasteiger partial charge in [-0.15, -0.1) is 11.3 Å². The molecular weight excluding hydrogens is 330 g/mol. The van der Waals surface area contributed by atoms with Crippen molar-refractivity contribution in [2.45, 2.75) is 6.10 Å². The minimum absolute atomic E-state index is 0.172. The van der Waals surface area contributed by atoms with Gasteiger partial charge in [0.25, 0.3) is 0 Å². The van der Waals surface area contributed by atoms with Gasteiger partial charge in [-0.25, -0.2) is 0 Å². The number of hydrogen-bond acceptors (Lipinski definition) is 5. The molecule has 3 aromatic heterocycles. The van der Waals surface area contributed by atoms with Gasteiger partial charge in [0.1, 0.15) is 11.9 Å². The Labute approximate surface area is 141 Å². The lowest BCUT2D eigenvalue weighted by atomic mass is 10.2. The van der Waals surface area contributed by atoms with Crippen LogP contribution in [0.4, 0.5) is 0 Å². The van der Waals surface area contributed by atoms with Crippen LogP contribution in [0.3, 0.4) is 0 Å². The van der Waals surface area contributed by atoms with Gasteiger partial charge in [-0.3, -0.25) is 4.79 Å². The summed E-state index contributed by atoms with van der Waals surface area (Å²) in [7, 11) is 0. The van der Waals surface area contributed by atoms with E-state index in [0.717, 1.165) is 21.1 Å². The number of amides is 1. The third-order valence-corrected chi connectivity index (χ3v) is 5.06. The summed E-state index contributed by atoms with van der Waals surface area (Å²) in [5.41, 5.74) is 0.993. The van der Waals surface area contributed by atoms with Crippen LogP contribution >= 0.6 is 22.7 Å². The fourth-order valence-electron chi connectivity index (χ4n) is 1.98. The molecule has 0 bridgehead atoms. The van der Waals surface area contributed by atoms with Gasteiger partial charge in [0.2, 0.25) is 5.91 Å². The molecule has 1 amide bonds. The van der Waals surface area contributed by atoms with Crippen LogP contribution in [0.15, 0.2) is 57.8 Å². The monoisotopic (exact) mass is 345 g/mol. The Morgan fingerprint density at radius 2 is 2.26 bits per heavy atom. The smallest absolute Gasteiger partial charge is 0.244 e. The first kappa shape index (κ1) is 15.7. The predicted octanol–water partition coefficient (Wildman–Crippen LogP) is 3.93. The molecule has 0 spiro atoms. The molecule has 1 unspecified atom stereocenters. The summed E-state index contributed by atoms with van der Waals surface area (Å²) in [4.78, 5) is 13.5. The minimum Gasteiger partial charge on any atom is -0.464 e. The largest absolute Gasteiger partial charge is 0.464 e. The van der Waals surface area contributed by atoms with Gasteiger partial charge < -0.3 is 14.8 Å². The predicted molar refractivity (Wildman–Crippen MR) is 93.3 cm³/mol. The minimum atomic E-state index is -0.734. The molecule has 3 heterocycles. The Morgan fingerprint density at radius 1 is 1.35 bits per heavy atom. The summed E-state index contributed by atoms with van der Waals surface area (Å²) >= 11 is 3.03. The zero-order valence-electron chi connectivity index (χ0n) is 12.1. The molecule has 1 atom stereocenters. The van der Waals surface area contributed by atoms with E-state index in [0.29, 0.717) is 0 Å². The molecule has 0 aliphatic rings. The number of rotatable bonds is 6. The van der Waals surface area contributed by atoms with E-state index < -0.39 is 6.10 Å². The van der Waals surface area contributed by atoms with E-state index in [1.54, 1.807) is 23.7 Å². The highest BCUT2D eigenvalue weighted by Crippen LogP contribution is 2.31. The second-order valence-electron chi connectivity index (χ2n) is 4.83. The lowest BCUT2D eigenvalue weighted by molar-refractivity contribution is -0.116. The number of carbonyl (C=O) groups excluding carboxylic acids is 1. The zero-order valence-corrected chi connectivity index (χ0v) is 13.8. The van der Waals surface area contributed by atoms with Crippen molar-refractivity contribution in [2.24, 2.45) is 0 Å². The third kappa shape index (κ3) is 4.19. The molecule has 0 aromatic carbocycles. The number of nitrogens with one attached hydrogen (secondary N) is 1.